The summed E-state index contributed by atoms with van der Waals surface area (Å²) in [7, 11) is 0. The maximum atomic E-state index is 7.61. The molecule has 0 spiro atoms. The van der Waals surface area contributed by atoms with Gasteiger partial charge in [-0.25, -0.2) is 0 Å². The summed E-state index contributed by atoms with van der Waals surface area (Å²) in [6.07, 6.45) is 0. The van der Waals surface area contributed by atoms with E-state index < -0.39 is 0 Å². The second-order valence-corrected chi connectivity index (χ2v) is 4.59. The number of nitrogens with one attached hydrogen (secondary N) is 2. The Kier molecular flexibility index (Phi) is 4.94. The summed E-state index contributed by atoms with van der Waals surface area (Å²) >= 11 is 7.42. The van der Waals surface area contributed by atoms with Gasteiger partial charge in [0.05, 0.1) is 10.7 Å². The normalized spacial score (nSPS) is 10.1. The van der Waals surface area contributed by atoms with E-state index in [1.54, 1.807) is 6.07 Å². The fourth-order valence-electron chi connectivity index (χ4n) is 1.10. The van der Waals surface area contributed by atoms with Gasteiger partial charge in [-0.1, -0.05) is 36.4 Å². The van der Waals surface area contributed by atoms with Gasteiger partial charge in [0.25, 0.3) is 0 Å². The summed E-state index contributed by atoms with van der Waals surface area (Å²) < 4.78 is 0. The van der Waals surface area contributed by atoms with Crippen molar-refractivity contribution < 1.29 is 0 Å². The zero-order chi connectivity index (χ0) is 11.3. The number of anilines is 1. The lowest BCUT2D eigenvalue weighted by Crippen LogP contribution is -2.07. The van der Waals surface area contributed by atoms with Crippen molar-refractivity contribution in [3.8, 4) is 0 Å². The van der Waals surface area contributed by atoms with Crippen LogP contribution in [-0.2, 0) is 6.54 Å². The summed E-state index contributed by atoms with van der Waals surface area (Å²) in [5.41, 5.74) is 7.27. The van der Waals surface area contributed by atoms with Crippen molar-refractivity contribution >= 4 is 34.2 Å². The second-order valence-electron chi connectivity index (χ2n) is 2.91. The van der Waals surface area contributed by atoms with Crippen LogP contribution in [0.15, 0.2) is 18.2 Å². The minimum absolute atomic E-state index is 0.397. The summed E-state index contributed by atoms with van der Waals surface area (Å²) in [5, 5.41) is 11.6. The van der Waals surface area contributed by atoms with Gasteiger partial charge in [0, 0.05) is 6.54 Å². The monoisotopic (exact) mass is 243 g/mol. The number of thioether (sulfide) groups is 1. The maximum Gasteiger partial charge on any atom is 0.158 e. The topological polar surface area (TPSA) is 61.9 Å². The number of rotatable bonds is 3. The van der Waals surface area contributed by atoms with Crippen LogP contribution in [0.4, 0.5) is 5.69 Å². The number of benzene rings is 1. The molecule has 0 unspecified atom stereocenters. The molecule has 0 atom stereocenters. The van der Waals surface area contributed by atoms with Crippen molar-refractivity contribution in [2.75, 3.05) is 11.1 Å². The van der Waals surface area contributed by atoms with E-state index in [1.165, 1.54) is 11.8 Å². The number of hydrogen-bond donors (Lipinski definition) is 3. The van der Waals surface area contributed by atoms with Crippen LogP contribution in [0.25, 0.3) is 0 Å². The highest BCUT2D eigenvalue weighted by atomic mass is 35.5. The van der Waals surface area contributed by atoms with Gasteiger partial charge in [0.15, 0.2) is 5.17 Å². The fraction of sp³-hybridized carbons (Fsp3) is 0.300. The van der Waals surface area contributed by atoms with E-state index in [1.807, 2.05) is 19.1 Å². The molecule has 0 saturated heterocycles. The van der Waals surface area contributed by atoms with Crippen molar-refractivity contribution in [1.29, 1.82) is 5.41 Å². The fourth-order valence-corrected chi connectivity index (χ4v) is 1.73. The van der Waals surface area contributed by atoms with Crippen molar-refractivity contribution in [3.05, 3.63) is 28.8 Å². The molecule has 0 aliphatic rings. The van der Waals surface area contributed by atoms with E-state index in [4.69, 9.17) is 22.7 Å². The molecular formula is C10H14ClN3S. The third-order valence-corrected chi connectivity index (χ3v) is 2.81. The Morgan fingerprint density at radius 1 is 1.60 bits per heavy atom. The third-order valence-electron chi connectivity index (χ3n) is 1.80. The summed E-state index contributed by atoms with van der Waals surface area (Å²) in [5.74, 6) is 0.861. The van der Waals surface area contributed by atoms with Crippen LogP contribution in [0.1, 0.15) is 12.5 Å². The predicted molar refractivity (Wildman–Crippen MR) is 68.8 cm³/mol. The molecule has 0 aromatic heterocycles. The van der Waals surface area contributed by atoms with Crippen LogP contribution in [0.2, 0.25) is 5.02 Å². The lowest BCUT2D eigenvalue weighted by molar-refractivity contribution is 1.07. The smallest absolute Gasteiger partial charge is 0.158 e. The van der Waals surface area contributed by atoms with Crippen LogP contribution in [-0.4, -0.2) is 10.9 Å². The largest absolute Gasteiger partial charge is 0.334 e. The van der Waals surface area contributed by atoms with Crippen molar-refractivity contribution in [2.24, 2.45) is 5.73 Å². The first-order valence-electron chi connectivity index (χ1n) is 4.64. The Balaban J connectivity index is 2.79. The molecule has 0 aliphatic carbocycles. The molecule has 3 nitrogen and oxygen atoms in total. The minimum Gasteiger partial charge on any atom is -0.334 e. The van der Waals surface area contributed by atoms with Gasteiger partial charge in [-0.15, -0.1) is 0 Å². The number of halogens is 1. The molecule has 82 valence electrons. The van der Waals surface area contributed by atoms with Crippen molar-refractivity contribution in [2.45, 2.75) is 13.5 Å². The highest BCUT2D eigenvalue weighted by Gasteiger charge is 2.03. The number of hydrogen-bond acceptors (Lipinski definition) is 3. The first kappa shape index (κ1) is 12.4. The molecule has 0 bridgehead atoms. The molecule has 1 aromatic rings. The van der Waals surface area contributed by atoms with E-state index in [-0.39, 0.29) is 0 Å². The standard InChI is InChI=1S/C10H14ClN3S/c1-2-15-10(13)14-9-5-7(6-12)3-4-8(9)11/h3-5H,2,6,12H2,1H3,(H2,13,14). The molecule has 5 heteroatoms. The Hall–Kier alpha value is -0.710. The Bertz CT molecular complexity index is 355. The maximum absolute atomic E-state index is 7.61. The third kappa shape index (κ3) is 3.74. The highest BCUT2D eigenvalue weighted by molar-refractivity contribution is 8.14. The van der Waals surface area contributed by atoms with E-state index in [2.05, 4.69) is 5.32 Å². The van der Waals surface area contributed by atoms with Gasteiger partial charge in [-0.3, -0.25) is 5.41 Å². The molecule has 0 heterocycles. The lowest BCUT2D eigenvalue weighted by Gasteiger charge is -2.09. The summed E-state index contributed by atoms with van der Waals surface area (Å²) in [6.45, 7) is 2.47. The van der Waals surface area contributed by atoms with Gasteiger partial charge in [0.2, 0.25) is 0 Å². The van der Waals surface area contributed by atoms with E-state index in [0.29, 0.717) is 16.7 Å². The average Bonchev–Trinajstić information content (AvgIpc) is 2.21. The molecule has 1 rings (SSSR count). The first-order chi connectivity index (χ1) is 7.17. The van der Waals surface area contributed by atoms with Gasteiger partial charge < -0.3 is 11.1 Å². The Morgan fingerprint density at radius 3 is 2.93 bits per heavy atom. The Labute approximate surface area is 98.9 Å². The quantitative estimate of drug-likeness (QED) is 0.565. The molecule has 0 saturated carbocycles. The molecule has 0 amide bonds. The Morgan fingerprint density at radius 2 is 2.33 bits per heavy atom. The van der Waals surface area contributed by atoms with Crippen LogP contribution in [0.3, 0.4) is 0 Å². The van der Waals surface area contributed by atoms with Crippen molar-refractivity contribution in [1.82, 2.24) is 0 Å². The van der Waals surface area contributed by atoms with E-state index in [0.717, 1.165) is 17.0 Å². The van der Waals surface area contributed by atoms with Crippen molar-refractivity contribution in [3.63, 3.8) is 0 Å². The number of amidine groups is 1. The SMILES string of the molecule is CCSC(=N)Nc1cc(CN)ccc1Cl. The first-order valence-corrected chi connectivity index (χ1v) is 6.00. The highest BCUT2D eigenvalue weighted by Crippen LogP contribution is 2.23. The van der Waals surface area contributed by atoms with E-state index >= 15 is 0 Å². The minimum atomic E-state index is 0.397. The number of nitrogens with two attached hydrogens (primary N) is 1. The van der Waals surface area contributed by atoms with Crippen LogP contribution >= 0.6 is 23.4 Å². The van der Waals surface area contributed by atoms with Gasteiger partial charge in [-0.05, 0) is 23.4 Å². The summed E-state index contributed by atoms with van der Waals surface area (Å²) in [4.78, 5) is 0. The van der Waals surface area contributed by atoms with Crippen LogP contribution in [0.5, 0.6) is 0 Å². The molecular weight excluding hydrogens is 230 g/mol. The molecule has 1 aromatic carbocycles. The van der Waals surface area contributed by atoms with E-state index in [9.17, 15) is 0 Å². The zero-order valence-corrected chi connectivity index (χ0v) is 10.1. The van der Waals surface area contributed by atoms with Gasteiger partial charge in [0.1, 0.15) is 0 Å². The van der Waals surface area contributed by atoms with Crippen LogP contribution < -0.4 is 11.1 Å². The molecule has 0 aliphatic heterocycles. The lowest BCUT2D eigenvalue weighted by atomic mass is 10.2. The molecule has 0 fully saturated rings. The molecule has 15 heavy (non-hydrogen) atoms. The molecule has 4 N–H and O–H groups in total. The van der Waals surface area contributed by atoms with Crippen LogP contribution in [0, 0.1) is 5.41 Å². The summed E-state index contributed by atoms with van der Waals surface area (Å²) in [6, 6.07) is 5.53. The average molecular weight is 244 g/mol. The molecule has 0 radical (unpaired) electrons. The predicted octanol–water partition coefficient (Wildman–Crippen LogP) is 2.90. The van der Waals surface area contributed by atoms with Gasteiger partial charge in [-0.2, -0.15) is 0 Å². The second kappa shape index (κ2) is 6.00. The van der Waals surface area contributed by atoms with Gasteiger partial charge >= 0.3 is 0 Å². The zero-order valence-electron chi connectivity index (χ0n) is 8.51.